The molecule has 0 saturated heterocycles. The van der Waals surface area contributed by atoms with E-state index in [9.17, 15) is 13.6 Å². The van der Waals surface area contributed by atoms with Gasteiger partial charge in [-0.3, -0.25) is 4.79 Å². The second kappa shape index (κ2) is 6.92. The SMILES string of the molecule is NCC#Cc1cnc(NC(=O)Cc2cccc(F)c2F)s1. The third-order valence-corrected chi connectivity index (χ3v) is 3.28. The molecule has 7 heteroatoms. The van der Waals surface area contributed by atoms with E-state index in [1.807, 2.05) is 0 Å². The highest BCUT2D eigenvalue weighted by Crippen LogP contribution is 2.18. The van der Waals surface area contributed by atoms with Crippen LogP contribution in [0.4, 0.5) is 13.9 Å². The average Bonchev–Trinajstić information content (AvgIpc) is 2.89. The first kappa shape index (κ1) is 15.1. The molecule has 1 aromatic carbocycles. The van der Waals surface area contributed by atoms with Gasteiger partial charge in [-0.15, -0.1) is 0 Å². The fourth-order valence-corrected chi connectivity index (χ4v) is 2.26. The Morgan fingerprint density at radius 2 is 2.24 bits per heavy atom. The minimum absolute atomic E-state index is 0.00722. The molecule has 0 atom stereocenters. The van der Waals surface area contributed by atoms with Gasteiger partial charge in [-0.1, -0.05) is 35.3 Å². The lowest BCUT2D eigenvalue weighted by Crippen LogP contribution is -2.15. The molecule has 0 saturated carbocycles. The Hall–Kier alpha value is -2.30. The first-order valence-electron chi connectivity index (χ1n) is 5.97. The van der Waals surface area contributed by atoms with Crippen molar-refractivity contribution in [1.29, 1.82) is 0 Å². The van der Waals surface area contributed by atoms with Crippen LogP contribution in [0.2, 0.25) is 0 Å². The molecule has 3 N–H and O–H groups in total. The Morgan fingerprint density at radius 3 is 3.00 bits per heavy atom. The molecule has 21 heavy (non-hydrogen) atoms. The molecular weight excluding hydrogens is 296 g/mol. The molecular formula is C14H11F2N3OS. The summed E-state index contributed by atoms with van der Waals surface area (Å²) in [5.74, 6) is 2.98. The van der Waals surface area contributed by atoms with Crippen molar-refractivity contribution in [3.05, 3.63) is 46.5 Å². The van der Waals surface area contributed by atoms with Crippen LogP contribution >= 0.6 is 11.3 Å². The quantitative estimate of drug-likeness (QED) is 0.851. The van der Waals surface area contributed by atoms with Crippen LogP contribution in [-0.2, 0) is 11.2 Å². The number of nitrogens with one attached hydrogen (secondary N) is 1. The van der Waals surface area contributed by atoms with Gasteiger partial charge < -0.3 is 11.1 Å². The van der Waals surface area contributed by atoms with Crippen LogP contribution in [0.3, 0.4) is 0 Å². The van der Waals surface area contributed by atoms with E-state index < -0.39 is 17.5 Å². The van der Waals surface area contributed by atoms with Gasteiger partial charge in [0, 0.05) is 5.56 Å². The van der Waals surface area contributed by atoms with E-state index in [0.717, 1.165) is 6.07 Å². The Labute approximate surface area is 124 Å². The molecule has 108 valence electrons. The number of anilines is 1. The summed E-state index contributed by atoms with van der Waals surface area (Å²) in [4.78, 5) is 16.4. The Kier molecular flexibility index (Phi) is 4.98. The van der Waals surface area contributed by atoms with Gasteiger partial charge in [-0.25, -0.2) is 13.8 Å². The number of rotatable bonds is 3. The van der Waals surface area contributed by atoms with Crippen molar-refractivity contribution in [2.24, 2.45) is 5.73 Å². The van der Waals surface area contributed by atoms with Gasteiger partial charge in [0.2, 0.25) is 5.91 Å². The first-order chi connectivity index (χ1) is 10.1. The zero-order chi connectivity index (χ0) is 15.2. The highest BCUT2D eigenvalue weighted by Gasteiger charge is 2.12. The second-order valence-corrected chi connectivity index (χ2v) is 5.00. The Balaban J connectivity index is 2.01. The monoisotopic (exact) mass is 307 g/mol. The van der Waals surface area contributed by atoms with Gasteiger partial charge in [0.15, 0.2) is 16.8 Å². The van der Waals surface area contributed by atoms with Crippen LogP contribution in [0, 0.1) is 23.5 Å². The van der Waals surface area contributed by atoms with E-state index in [1.165, 1.54) is 29.7 Å². The molecule has 2 aromatic rings. The summed E-state index contributed by atoms with van der Waals surface area (Å²) < 4.78 is 26.5. The van der Waals surface area contributed by atoms with Crippen molar-refractivity contribution < 1.29 is 13.6 Å². The largest absolute Gasteiger partial charge is 0.320 e. The summed E-state index contributed by atoms with van der Waals surface area (Å²) >= 11 is 1.18. The van der Waals surface area contributed by atoms with Crippen LogP contribution < -0.4 is 11.1 Å². The number of aromatic nitrogens is 1. The van der Waals surface area contributed by atoms with Crippen molar-refractivity contribution >= 4 is 22.4 Å². The summed E-state index contributed by atoms with van der Waals surface area (Å²) in [6.45, 7) is 0.235. The van der Waals surface area contributed by atoms with Crippen LogP contribution in [0.1, 0.15) is 10.4 Å². The molecule has 2 rings (SSSR count). The van der Waals surface area contributed by atoms with Crippen molar-refractivity contribution in [1.82, 2.24) is 4.98 Å². The second-order valence-electron chi connectivity index (χ2n) is 3.97. The van der Waals surface area contributed by atoms with Gasteiger partial charge in [0.25, 0.3) is 0 Å². The molecule has 0 aliphatic carbocycles. The normalized spacial score (nSPS) is 9.86. The van der Waals surface area contributed by atoms with Gasteiger partial charge in [-0.2, -0.15) is 0 Å². The minimum Gasteiger partial charge on any atom is -0.320 e. The number of carbonyl (C=O) groups is 1. The molecule has 0 unspecified atom stereocenters. The number of amides is 1. The maximum absolute atomic E-state index is 13.4. The molecule has 0 radical (unpaired) electrons. The van der Waals surface area contributed by atoms with E-state index in [4.69, 9.17) is 5.73 Å². The summed E-state index contributed by atoms with van der Waals surface area (Å²) in [6.07, 6.45) is 1.23. The van der Waals surface area contributed by atoms with Crippen LogP contribution in [-0.4, -0.2) is 17.4 Å². The molecule has 4 nitrogen and oxygen atoms in total. The molecule has 1 heterocycles. The fourth-order valence-electron chi connectivity index (χ4n) is 1.55. The minimum atomic E-state index is -1.01. The van der Waals surface area contributed by atoms with Gasteiger partial charge in [-0.05, 0) is 6.07 Å². The van der Waals surface area contributed by atoms with Gasteiger partial charge in [0.1, 0.15) is 0 Å². The molecule has 0 bridgehead atoms. The standard InChI is InChI=1S/C14H11F2N3OS/c15-11-5-1-3-9(13(11)16)7-12(20)19-14-18-8-10(21-14)4-2-6-17/h1,3,5,8H,6-7,17H2,(H,18,19,20). The first-order valence-corrected chi connectivity index (χ1v) is 6.79. The third kappa shape index (κ3) is 4.08. The fraction of sp³-hybridized carbons (Fsp3) is 0.143. The number of nitrogens with two attached hydrogens (primary N) is 1. The Bertz CT molecular complexity index is 718. The molecule has 0 fully saturated rings. The third-order valence-electron chi connectivity index (χ3n) is 2.45. The lowest BCUT2D eigenvalue weighted by Gasteiger charge is -2.03. The zero-order valence-corrected chi connectivity index (χ0v) is 11.6. The van der Waals surface area contributed by atoms with E-state index in [0.29, 0.717) is 10.0 Å². The van der Waals surface area contributed by atoms with Gasteiger partial charge >= 0.3 is 0 Å². The summed E-state index contributed by atoms with van der Waals surface area (Å²) in [6, 6.07) is 3.71. The molecule has 0 aliphatic heterocycles. The lowest BCUT2D eigenvalue weighted by molar-refractivity contribution is -0.115. The van der Waals surface area contributed by atoms with Crippen molar-refractivity contribution in [2.45, 2.75) is 6.42 Å². The lowest BCUT2D eigenvalue weighted by atomic mass is 10.1. The predicted octanol–water partition coefficient (Wildman–Crippen LogP) is 1.91. The topological polar surface area (TPSA) is 68.0 Å². The molecule has 1 amide bonds. The van der Waals surface area contributed by atoms with E-state index in [1.54, 1.807) is 0 Å². The molecule has 1 aromatic heterocycles. The predicted molar refractivity (Wildman–Crippen MR) is 76.7 cm³/mol. The number of hydrogen-bond acceptors (Lipinski definition) is 4. The van der Waals surface area contributed by atoms with Gasteiger partial charge in [0.05, 0.1) is 24.0 Å². The number of carbonyl (C=O) groups excluding carboxylic acids is 1. The van der Waals surface area contributed by atoms with Crippen LogP contribution in [0.25, 0.3) is 0 Å². The zero-order valence-electron chi connectivity index (χ0n) is 10.8. The van der Waals surface area contributed by atoms with E-state index >= 15 is 0 Å². The van der Waals surface area contributed by atoms with Crippen LogP contribution in [0.15, 0.2) is 24.4 Å². The molecule has 0 aliphatic rings. The van der Waals surface area contributed by atoms with E-state index in [2.05, 4.69) is 22.1 Å². The number of benzene rings is 1. The van der Waals surface area contributed by atoms with Crippen molar-refractivity contribution in [3.8, 4) is 11.8 Å². The number of hydrogen-bond donors (Lipinski definition) is 2. The van der Waals surface area contributed by atoms with Crippen molar-refractivity contribution in [2.75, 3.05) is 11.9 Å². The number of thiazole rings is 1. The highest BCUT2D eigenvalue weighted by molar-refractivity contribution is 7.16. The summed E-state index contributed by atoms with van der Waals surface area (Å²) in [7, 11) is 0. The van der Waals surface area contributed by atoms with E-state index in [-0.39, 0.29) is 18.5 Å². The smallest absolute Gasteiger partial charge is 0.230 e. The molecule has 0 spiro atoms. The number of halogens is 2. The highest BCUT2D eigenvalue weighted by atomic mass is 32.1. The maximum Gasteiger partial charge on any atom is 0.230 e. The Morgan fingerprint density at radius 1 is 1.43 bits per heavy atom. The summed E-state index contributed by atoms with van der Waals surface area (Å²) in [5.41, 5.74) is 5.24. The summed E-state index contributed by atoms with van der Waals surface area (Å²) in [5, 5.41) is 2.86. The maximum atomic E-state index is 13.4. The van der Waals surface area contributed by atoms with Crippen LogP contribution in [0.5, 0.6) is 0 Å². The average molecular weight is 307 g/mol. The number of nitrogens with zero attached hydrogens (tertiary/aromatic N) is 1. The van der Waals surface area contributed by atoms with Crippen molar-refractivity contribution in [3.63, 3.8) is 0 Å².